The largest absolute Gasteiger partial charge is 0.395 e. The maximum atomic E-state index is 13.0. The Hall–Kier alpha value is -2.70. The summed E-state index contributed by atoms with van der Waals surface area (Å²) in [7, 11) is 0. The van der Waals surface area contributed by atoms with Crippen LogP contribution in [0.4, 0.5) is 0 Å². The van der Waals surface area contributed by atoms with E-state index in [4.69, 9.17) is 0 Å². The van der Waals surface area contributed by atoms with Crippen molar-refractivity contribution >= 4 is 11.8 Å². The van der Waals surface area contributed by atoms with Gasteiger partial charge in [-0.15, -0.1) is 0 Å². The quantitative estimate of drug-likeness (QED) is 0.725. The van der Waals surface area contributed by atoms with Gasteiger partial charge in [-0.05, 0) is 11.1 Å². The summed E-state index contributed by atoms with van der Waals surface area (Å²) in [6, 6.07) is 19.1. The molecule has 28 heavy (non-hydrogen) atoms. The lowest BCUT2D eigenvalue weighted by atomic mass is 10.1. The molecule has 0 aliphatic carbocycles. The highest BCUT2D eigenvalue weighted by Gasteiger charge is 2.32. The highest BCUT2D eigenvalue weighted by molar-refractivity contribution is 5.88. The molecule has 1 atom stereocenters. The molecule has 148 valence electrons. The monoisotopic (exact) mass is 381 g/mol. The third-order valence-electron chi connectivity index (χ3n) is 4.98. The molecule has 6 nitrogen and oxygen atoms in total. The first-order chi connectivity index (χ1) is 13.7. The molecule has 2 N–H and O–H groups in total. The molecule has 0 bridgehead atoms. The summed E-state index contributed by atoms with van der Waals surface area (Å²) in [6.07, 6.45) is 0.103. The first-order valence-corrected chi connectivity index (χ1v) is 9.65. The Morgan fingerprint density at radius 1 is 1.07 bits per heavy atom. The molecule has 1 aliphatic rings. The topological polar surface area (TPSA) is 72.9 Å². The van der Waals surface area contributed by atoms with E-state index >= 15 is 0 Å². The summed E-state index contributed by atoms with van der Waals surface area (Å²) in [6.45, 7) is 2.49. The number of aliphatic hydroxyl groups excluding tert-OH is 1. The highest BCUT2D eigenvalue weighted by atomic mass is 16.3. The van der Waals surface area contributed by atoms with Crippen molar-refractivity contribution < 1.29 is 14.7 Å². The van der Waals surface area contributed by atoms with Crippen LogP contribution in [0.1, 0.15) is 17.5 Å². The standard InChI is InChI=1S/C22H27N3O3/c26-14-13-25(17-19-9-5-2-6-10-19)21(27)15-20-22(28)23-11-12-24(20)16-18-7-3-1-4-8-18/h1-10,20,26H,11-17H2,(H,23,28)/t20-/m1/s1. The number of piperazine rings is 1. The van der Waals surface area contributed by atoms with Crippen molar-refractivity contribution in [2.45, 2.75) is 25.6 Å². The molecular formula is C22H27N3O3. The predicted octanol–water partition coefficient (Wildman–Crippen LogP) is 1.40. The van der Waals surface area contributed by atoms with Gasteiger partial charge in [-0.3, -0.25) is 14.5 Å². The fourth-order valence-electron chi connectivity index (χ4n) is 3.50. The molecule has 6 heteroatoms. The molecule has 2 aromatic carbocycles. The van der Waals surface area contributed by atoms with Gasteiger partial charge in [0.25, 0.3) is 0 Å². The van der Waals surface area contributed by atoms with E-state index < -0.39 is 6.04 Å². The Kier molecular flexibility index (Phi) is 7.17. The average Bonchev–Trinajstić information content (AvgIpc) is 2.72. The number of amides is 2. The zero-order valence-corrected chi connectivity index (χ0v) is 16.0. The minimum Gasteiger partial charge on any atom is -0.395 e. The van der Waals surface area contributed by atoms with Gasteiger partial charge in [0.2, 0.25) is 11.8 Å². The SMILES string of the molecule is O=C1NCCN(Cc2ccccc2)[C@@H]1CC(=O)N(CCO)Cc1ccccc1. The second-order valence-corrected chi connectivity index (χ2v) is 6.99. The van der Waals surface area contributed by atoms with E-state index in [1.807, 2.05) is 60.7 Å². The summed E-state index contributed by atoms with van der Waals surface area (Å²) in [5, 5.41) is 12.3. The first-order valence-electron chi connectivity index (χ1n) is 9.65. The van der Waals surface area contributed by atoms with Gasteiger partial charge in [0.15, 0.2) is 0 Å². The van der Waals surface area contributed by atoms with E-state index in [1.165, 1.54) is 0 Å². The second-order valence-electron chi connectivity index (χ2n) is 6.99. The van der Waals surface area contributed by atoms with Crippen LogP contribution in [-0.4, -0.2) is 59.0 Å². The van der Waals surface area contributed by atoms with E-state index in [1.54, 1.807) is 4.90 Å². The van der Waals surface area contributed by atoms with Crippen molar-refractivity contribution in [1.29, 1.82) is 0 Å². The Morgan fingerprint density at radius 2 is 1.71 bits per heavy atom. The molecule has 1 saturated heterocycles. The van der Waals surface area contributed by atoms with Crippen LogP contribution in [0.2, 0.25) is 0 Å². The van der Waals surface area contributed by atoms with E-state index in [0.29, 0.717) is 26.2 Å². The lowest BCUT2D eigenvalue weighted by Gasteiger charge is -2.35. The fourth-order valence-corrected chi connectivity index (χ4v) is 3.50. The summed E-state index contributed by atoms with van der Waals surface area (Å²) in [5.74, 6) is -0.239. The van der Waals surface area contributed by atoms with Crippen LogP contribution in [0.3, 0.4) is 0 Å². The van der Waals surface area contributed by atoms with Crippen molar-refractivity contribution in [1.82, 2.24) is 15.1 Å². The van der Waals surface area contributed by atoms with E-state index in [2.05, 4.69) is 10.2 Å². The van der Waals surface area contributed by atoms with Crippen LogP contribution in [0.15, 0.2) is 60.7 Å². The second kappa shape index (κ2) is 10.0. The molecule has 1 fully saturated rings. The Bertz CT molecular complexity index is 767. The van der Waals surface area contributed by atoms with Gasteiger partial charge in [0, 0.05) is 32.7 Å². The summed E-state index contributed by atoms with van der Waals surface area (Å²) in [5.41, 5.74) is 2.12. The lowest BCUT2D eigenvalue weighted by molar-refractivity contribution is -0.139. The molecular weight excluding hydrogens is 354 g/mol. The number of carbonyl (C=O) groups excluding carboxylic acids is 2. The smallest absolute Gasteiger partial charge is 0.237 e. The van der Waals surface area contributed by atoms with Crippen molar-refractivity contribution in [2.24, 2.45) is 0 Å². The molecule has 0 saturated carbocycles. The van der Waals surface area contributed by atoms with Gasteiger partial charge in [0.05, 0.1) is 19.1 Å². The number of carbonyl (C=O) groups is 2. The minimum absolute atomic E-state index is 0.103. The predicted molar refractivity (Wildman–Crippen MR) is 107 cm³/mol. The van der Waals surface area contributed by atoms with Gasteiger partial charge < -0.3 is 15.3 Å². The Balaban J connectivity index is 1.69. The summed E-state index contributed by atoms with van der Waals surface area (Å²) in [4.78, 5) is 29.1. The zero-order chi connectivity index (χ0) is 19.8. The number of hydrogen-bond donors (Lipinski definition) is 2. The maximum absolute atomic E-state index is 13.0. The maximum Gasteiger partial charge on any atom is 0.237 e. The average molecular weight is 381 g/mol. The van der Waals surface area contributed by atoms with Gasteiger partial charge >= 0.3 is 0 Å². The van der Waals surface area contributed by atoms with Crippen LogP contribution in [0.25, 0.3) is 0 Å². The van der Waals surface area contributed by atoms with E-state index in [0.717, 1.165) is 11.1 Å². The van der Waals surface area contributed by atoms with Gasteiger partial charge in [0.1, 0.15) is 0 Å². The molecule has 0 radical (unpaired) electrons. The van der Waals surface area contributed by atoms with Gasteiger partial charge in [-0.1, -0.05) is 60.7 Å². The Labute approximate surface area is 165 Å². The van der Waals surface area contributed by atoms with Gasteiger partial charge in [-0.25, -0.2) is 0 Å². The minimum atomic E-state index is -0.501. The lowest BCUT2D eigenvalue weighted by Crippen LogP contribution is -2.56. The molecule has 0 unspecified atom stereocenters. The van der Waals surface area contributed by atoms with E-state index in [-0.39, 0.29) is 31.4 Å². The molecule has 2 aromatic rings. The molecule has 0 spiro atoms. The highest BCUT2D eigenvalue weighted by Crippen LogP contribution is 2.16. The van der Waals surface area contributed by atoms with E-state index in [9.17, 15) is 14.7 Å². The number of hydrogen-bond acceptors (Lipinski definition) is 4. The molecule has 1 aliphatic heterocycles. The van der Waals surface area contributed by atoms with Crippen molar-refractivity contribution in [3.8, 4) is 0 Å². The fraction of sp³-hybridized carbons (Fsp3) is 0.364. The molecule has 1 heterocycles. The molecule has 0 aromatic heterocycles. The zero-order valence-electron chi connectivity index (χ0n) is 16.0. The summed E-state index contributed by atoms with van der Waals surface area (Å²) < 4.78 is 0. The third kappa shape index (κ3) is 5.41. The number of aliphatic hydroxyl groups is 1. The molecule has 2 amide bonds. The first kappa shape index (κ1) is 20.0. The third-order valence-corrected chi connectivity index (χ3v) is 4.98. The van der Waals surface area contributed by atoms with Crippen LogP contribution in [0.5, 0.6) is 0 Å². The van der Waals surface area contributed by atoms with Crippen molar-refractivity contribution in [3.05, 3.63) is 71.8 Å². The van der Waals surface area contributed by atoms with Crippen molar-refractivity contribution in [3.63, 3.8) is 0 Å². The van der Waals surface area contributed by atoms with Crippen LogP contribution in [0, 0.1) is 0 Å². The van der Waals surface area contributed by atoms with Crippen molar-refractivity contribution in [2.75, 3.05) is 26.2 Å². The normalized spacial score (nSPS) is 17.2. The van der Waals surface area contributed by atoms with Crippen LogP contribution < -0.4 is 5.32 Å². The van der Waals surface area contributed by atoms with Crippen LogP contribution in [-0.2, 0) is 22.7 Å². The number of nitrogens with zero attached hydrogens (tertiary/aromatic N) is 2. The number of benzene rings is 2. The molecule has 3 rings (SSSR count). The van der Waals surface area contributed by atoms with Crippen LogP contribution >= 0.6 is 0 Å². The van der Waals surface area contributed by atoms with Gasteiger partial charge in [-0.2, -0.15) is 0 Å². The number of rotatable bonds is 8. The summed E-state index contributed by atoms with van der Waals surface area (Å²) >= 11 is 0. The Morgan fingerprint density at radius 3 is 2.36 bits per heavy atom. The number of nitrogens with one attached hydrogen (secondary N) is 1.